The predicted molar refractivity (Wildman–Crippen MR) is 128 cm³/mol. The van der Waals surface area contributed by atoms with Crippen LogP contribution in [-0.2, 0) is 5.41 Å². The highest BCUT2D eigenvalue weighted by Gasteiger charge is 2.30. The molecular formula is C27H23BrO4. The maximum atomic E-state index is 12.8. The summed E-state index contributed by atoms with van der Waals surface area (Å²) in [7, 11) is 0. The first kappa shape index (κ1) is 22.0. The number of fused-ring (bicyclic) bond motifs is 1. The molecule has 162 valence electrons. The van der Waals surface area contributed by atoms with Crippen LogP contribution in [0, 0.1) is 6.92 Å². The Morgan fingerprint density at radius 3 is 2.41 bits per heavy atom. The summed E-state index contributed by atoms with van der Waals surface area (Å²) in [5, 5.41) is 0. The predicted octanol–water partition coefficient (Wildman–Crippen LogP) is 6.89. The summed E-state index contributed by atoms with van der Waals surface area (Å²) in [6.45, 7) is 8.14. The van der Waals surface area contributed by atoms with Crippen LogP contribution in [0.25, 0.3) is 6.08 Å². The van der Waals surface area contributed by atoms with Gasteiger partial charge >= 0.3 is 5.97 Å². The molecule has 4 nitrogen and oxygen atoms in total. The van der Waals surface area contributed by atoms with Crippen molar-refractivity contribution in [2.24, 2.45) is 0 Å². The molecule has 32 heavy (non-hydrogen) atoms. The number of hydrogen-bond donors (Lipinski definition) is 0. The van der Waals surface area contributed by atoms with Crippen molar-refractivity contribution >= 4 is 33.8 Å². The van der Waals surface area contributed by atoms with Gasteiger partial charge in [-0.2, -0.15) is 0 Å². The van der Waals surface area contributed by atoms with E-state index in [2.05, 4.69) is 36.7 Å². The average molecular weight is 491 g/mol. The molecule has 3 aromatic rings. The summed E-state index contributed by atoms with van der Waals surface area (Å²) in [4.78, 5) is 25.5. The van der Waals surface area contributed by atoms with Gasteiger partial charge in [0.1, 0.15) is 11.5 Å². The minimum atomic E-state index is -0.456. The van der Waals surface area contributed by atoms with Crippen LogP contribution >= 0.6 is 15.9 Å². The van der Waals surface area contributed by atoms with E-state index in [4.69, 9.17) is 9.47 Å². The van der Waals surface area contributed by atoms with Crippen molar-refractivity contribution in [1.29, 1.82) is 0 Å². The fourth-order valence-corrected chi connectivity index (χ4v) is 3.91. The van der Waals surface area contributed by atoms with Crippen molar-refractivity contribution in [1.82, 2.24) is 0 Å². The monoisotopic (exact) mass is 490 g/mol. The topological polar surface area (TPSA) is 52.6 Å². The van der Waals surface area contributed by atoms with Gasteiger partial charge < -0.3 is 9.47 Å². The van der Waals surface area contributed by atoms with Gasteiger partial charge in [-0.3, -0.25) is 4.79 Å². The highest BCUT2D eigenvalue weighted by atomic mass is 79.9. The Morgan fingerprint density at radius 2 is 1.75 bits per heavy atom. The Morgan fingerprint density at radius 1 is 1.03 bits per heavy atom. The van der Waals surface area contributed by atoms with E-state index in [0.29, 0.717) is 28.2 Å². The lowest BCUT2D eigenvalue weighted by Crippen LogP contribution is -2.13. The fourth-order valence-electron chi connectivity index (χ4n) is 3.49. The molecule has 0 radical (unpaired) electrons. The Bertz CT molecular complexity index is 1250. The number of rotatable bonds is 3. The van der Waals surface area contributed by atoms with Gasteiger partial charge in [-0.05, 0) is 65.9 Å². The molecule has 1 aliphatic rings. The largest absolute Gasteiger partial charge is 0.452 e. The van der Waals surface area contributed by atoms with Crippen LogP contribution in [0.15, 0.2) is 70.9 Å². The molecular weight excluding hydrogens is 468 g/mol. The molecule has 3 aromatic carbocycles. The zero-order valence-corrected chi connectivity index (χ0v) is 19.9. The van der Waals surface area contributed by atoms with Crippen molar-refractivity contribution in [3.05, 3.63) is 98.7 Å². The number of benzene rings is 3. The Balaban J connectivity index is 1.57. The van der Waals surface area contributed by atoms with Gasteiger partial charge in [-0.25, -0.2) is 4.79 Å². The van der Waals surface area contributed by atoms with Crippen molar-refractivity contribution in [2.75, 3.05) is 0 Å². The zero-order chi connectivity index (χ0) is 23.0. The lowest BCUT2D eigenvalue weighted by Gasteiger charge is -2.19. The molecule has 1 heterocycles. The van der Waals surface area contributed by atoms with Crippen LogP contribution in [0.4, 0.5) is 0 Å². The molecule has 4 rings (SSSR count). The first-order valence-corrected chi connectivity index (χ1v) is 11.1. The van der Waals surface area contributed by atoms with E-state index >= 15 is 0 Å². The number of hydrogen-bond acceptors (Lipinski definition) is 4. The lowest BCUT2D eigenvalue weighted by atomic mass is 9.87. The summed E-state index contributed by atoms with van der Waals surface area (Å²) < 4.78 is 12.4. The molecule has 1 aliphatic heterocycles. The van der Waals surface area contributed by atoms with Crippen molar-refractivity contribution in [3.8, 4) is 11.5 Å². The van der Waals surface area contributed by atoms with Crippen LogP contribution in [0.1, 0.15) is 58.2 Å². The number of halogens is 1. The molecule has 0 amide bonds. The second-order valence-corrected chi connectivity index (χ2v) is 9.69. The third-order valence-corrected chi connectivity index (χ3v) is 5.87. The number of Topliss-reactive ketones (excluding diaryl/α,β-unsaturated/α-hetero) is 1. The second kappa shape index (κ2) is 8.40. The molecule has 0 N–H and O–H groups in total. The molecule has 0 unspecified atom stereocenters. The standard InChI is InChI=1S/C27H23BrO4/c1-16-22(32-26(30)18-8-10-19(11-9-18)27(2,3)4)13-12-21-24(29)23(31-25(16)21)15-17-6-5-7-20(28)14-17/h5-15H,1-4H3/b23-15-. The number of ketones is 1. The SMILES string of the molecule is Cc1c(OC(=O)c2ccc(C(C)(C)C)cc2)ccc2c1O/C(=C\c1cccc(Br)c1)C2=O. The maximum Gasteiger partial charge on any atom is 0.343 e. The van der Waals surface area contributed by atoms with Gasteiger partial charge in [0, 0.05) is 10.0 Å². The van der Waals surface area contributed by atoms with E-state index in [9.17, 15) is 9.59 Å². The van der Waals surface area contributed by atoms with E-state index in [1.165, 1.54) is 0 Å². The molecule has 0 aromatic heterocycles. The minimum absolute atomic E-state index is 0.00391. The molecule has 5 heteroatoms. The lowest BCUT2D eigenvalue weighted by molar-refractivity contribution is 0.0733. The van der Waals surface area contributed by atoms with Crippen LogP contribution in [0.2, 0.25) is 0 Å². The van der Waals surface area contributed by atoms with E-state index in [-0.39, 0.29) is 17.0 Å². The summed E-state index contributed by atoms with van der Waals surface area (Å²) >= 11 is 3.43. The van der Waals surface area contributed by atoms with E-state index in [0.717, 1.165) is 15.6 Å². The first-order valence-electron chi connectivity index (χ1n) is 10.3. The Labute approximate surface area is 196 Å². The van der Waals surface area contributed by atoms with Crippen LogP contribution in [0.3, 0.4) is 0 Å². The fraction of sp³-hybridized carbons (Fsp3) is 0.185. The van der Waals surface area contributed by atoms with Gasteiger partial charge in [0.05, 0.1) is 11.1 Å². The number of carbonyl (C=O) groups excluding carboxylic acids is 2. The Kier molecular flexibility index (Phi) is 5.78. The van der Waals surface area contributed by atoms with Gasteiger partial charge in [0.2, 0.25) is 5.78 Å². The third-order valence-electron chi connectivity index (χ3n) is 5.37. The van der Waals surface area contributed by atoms with Crippen molar-refractivity contribution in [2.45, 2.75) is 33.1 Å². The van der Waals surface area contributed by atoms with Crippen molar-refractivity contribution in [3.63, 3.8) is 0 Å². The maximum absolute atomic E-state index is 12.8. The van der Waals surface area contributed by atoms with Gasteiger partial charge in [-0.1, -0.05) is 61.0 Å². The molecule has 0 saturated carbocycles. The molecule has 0 fully saturated rings. The van der Waals surface area contributed by atoms with Gasteiger partial charge in [0.15, 0.2) is 5.76 Å². The minimum Gasteiger partial charge on any atom is -0.452 e. The second-order valence-electron chi connectivity index (χ2n) is 8.78. The highest BCUT2D eigenvalue weighted by Crippen LogP contribution is 2.39. The Hall–Kier alpha value is -3.18. The molecule has 0 saturated heterocycles. The summed E-state index contributed by atoms with van der Waals surface area (Å²) in [6.07, 6.45) is 1.70. The zero-order valence-electron chi connectivity index (χ0n) is 18.4. The summed E-state index contributed by atoms with van der Waals surface area (Å²) in [5.41, 5.74) is 3.51. The average Bonchev–Trinajstić information content (AvgIpc) is 3.06. The van der Waals surface area contributed by atoms with Crippen LogP contribution < -0.4 is 9.47 Å². The first-order chi connectivity index (χ1) is 15.1. The molecule has 0 atom stereocenters. The summed E-state index contributed by atoms with van der Waals surface area (Å²) in [6, 6.07) is 18.3. The number of ether oxygens (including phenoxy) is 2. The van der Waals surface area contributed by atoms with Gasteiger partial charge in [-0.15, -0.1) is 0 Å². The normalized spacial score (nSPS) is 14.3. The van der Waals surface area contributed by atoms with E-state index < -0.39 is 5.97 Å². The number of allylic oxidation sites excluding steroid dienone is 1. The quantitative estimate of drug-likeness (QED) is 0.228. The van der Waals surface area contributed by atoms with E-state index in [1.807, 2.05) is 36.4 Å². The van der Waals surface area contributed by atoms with E-state index in [1.54, 1.807) is 37.3 Å². The number of carbonyl (C=O) groups is 2. The summed E-state index contributed by atoms with van der Waals surface area (Å²) in [5.74, 6) is 0.374. The molecule has 0 aliphatic carbocycles. The third kappa shape index (κ3) is 4.39. The van der Waals surface area contributed by atoms with Crippen LogP contribution in [-0.4, -0.2) is 11.8 Å². The van der Waals surface area contributed by atoms with Gasteiger partial charge in [0.25, 0.3) is 0 Å². The molecule has 0 spiro atoms. The van der Waals surface area contributed by atoms with Crippen LogP contribution in [0.5, 0.6) is 11.5 Å². The smallest absolute Gasteiger partial charge is 0.343 e. The van der Waals surface area contributed by atoms with Crippen molar-refractivity contribution < 1.29 is 19.1 Å². The number of esters is 1. The molecule has 0 bridgehead atoms. The highest BCUT2D eigenvalue weighted by molar-refractivity contribution is 9.10.